The fourth-order valence-electron chi connectivity index (χ4n) is 1.86. The summed E-state index contributed by atoms with van der Waals surface area (Å²) < 4.78 is 24.0. The molecule has 2 nitrogen and oxygen atoms in total. The van der Waals surface area contributed by atoms with E-state index in [1.165, 1.54) is 12.1 Å². The minimum Gasteiger partial charge on any atom is -0.497 e. The van der Waals surface area contributed by atoms with Gasteiger partial charge >= 0.3 is 0 Å². The topological polar surface area (TPSA) is 18.5 Å². The normalized spacial score (nSPS) is 10.3. The van der Waals surface area contributed by atoms with Gasteiger partial charge in [-0.2, -0.15) is 0 Å². The Balaban J connectivity index is 1.90. The standard InChI is InChI=1S/C16H16ClFO2/c1-19-15-4-2-12(3-5-15)6-7-20-16-9-13(11-17)8-14(18)10-16/h2-5,8-10H,6-7,11H2,1H3. The smallest absolute Gasteiger partial charge is 0.127 e. The number of methoxy groups -OCH3 is 1. The van der Waals surface area contributed by atoms with Gasteiger partial charge < -0.3 is 9.47 Å². The predicted molar refractivity (Wildman–Crippen MR) is 78.2 cm³/mol. The quantitative estimate of drug-likeness (QED) is 0.744. The van der Waals surface area contributed by atoms with Crippen LogP contribution in [0.5, 0.6) is 11.5 Å². The monoisotopic (exact) mass is 294 g/mol. The highest BCUT2D eigenvalue weighted by Crippen LogP contribution is 2.18. The van der Waals surface area contributed by atoms with Gasteiger partial charge in [0, 0.05) is 18.4 Å². The van der Waals surface area contributed by atoms with Crippen LogP contribution in [-0.4, -0.2) is 13.7 Å². The lowest BCUT2D eigenvalue weighted by atomic mass is 10.1. The van der Waals surface area contributed by atoms with Crippen molar-refractivity contribution in [2.45, 2.75) is 12.3 Å². The van der Waals surface area contributed by atoms with Crippen molar-refractivity contribution in [3.05, 3.63) is 59.4 Å². The van der Waals surface area contributed by atoms with Gasteiger partial charge in [0.15, 0.2) is 0 Å². The molecule has 0 atom stereocenters. The predicted octanol–water partition coefficient (Wildman–Crippen LogP) is 4.19. The molecule has 0 aliphatic rings. The van der Waals surface area contributed by atoms with Crippen LogP contribution >= 0.6 is 11.6 Å². The van der Waals surface area contributed by atoms with E-state index in [0.29, 0.717) is 17.9 Å². The van der Waals surface area contributed by atoms with Crippen molar-refractivity contribution in [3.63, 3.8) is 0 Å². The molecule has 0 N–H and O–H groups in total. The molecule has 0 saturated carbocycles. The van der Waals surface area contributed by atoms with E-state index < -0.39 is 0 Å². The second-order valence-corrected chi connectivity index (χ2v) is 4.64. The van der Waals surface area contributed by atoms with E-state index in [-0.39, 0.29) is 11.7 Å². The van der Waals surface area contributed by atoms with E-state index >= 15 is 0 Å². The molecule has 2 aromatic rings. The van der Waals surface area contributed by atoms with Crippen LogP contribution in [0.15, 0.2) is 42.5 Å². The SMILES string of the molecule is COc1ccc(CCOc2cc(F)cc(CCl)c2)cc1. The maximum absolute atomic E-state index is 13.3. The van der Waals surface area contributed by atoms with E-state index in [2.05, 4.69) is 0 Å². The van der Waals surface area contributed by atoms with Crippen LogP contribution in [0.2, 0.25) is 0 Å². The number of benzene rings is 2. The first kappa shape index (κ1) is 14.7. The third-order valence-electron chi connectivity index (χ3n) is 2.90. The zero-order chi connectivity index (χ0) is 14.4. The molecule has 0 fully saturated rings. The first-order valence-electron chi connectivity index (χ1n) is 6.32. The Hall–Kier alpha value is -1.74. The maximum atomic E-state index is 13.3. The van der Waals surface area contributed by atoms with Crippen molar-refractivity contribution in [2.24, 2.45) is 0 Å². The number of ether oxygens (including phenoxy) is 2. The van der Waals surface area contributed by atoms with Gasteiger partial charge in [-0.25, -0.2) is 4.39 Å². The molecule has 0 bridgehead atoms. The molecule has 0 amide bonds. The van der Waals surface area contributed by atoms with Crippen molar-refractivity contribution >= 4 is 11.6 Å². The van der Waals surface area contributed by atoms with Crippen LogP contribution in [0.3, 0.4) is 0 Å². The summed E-state index contributed by atoms with van der Waals surface area (Å²) in [7, 11) is 1.64. The third kappa shape index (κ3) is 4.14. The van der Waals surface area contributed by atoms with Crippen molar-refractivity contribution in [3.8, 4) is 11.5 Å². The summed E-state index contributed by atoms with van der Waals surface area (Å²) in [5, 5.41) is 0. The van der Waals surface area contributed by atoms with Crippen LogP contribution in [0, 0.1) is 5.82 Å². The molecule has 0 heterocycles. The van der Waals surface area contributed by atoms with Gasteiger partial charge in [-0.05, 0) is 35.4 Å². The fourth-order valence-corrected chi connectivity index (χ4v) is 2.01. The summed E-state index contributed by atoms with van der Waals surface area (Å²) in [5.74, 6) is 1.27. The zero-order valence-electron chi connectivity index (χ0n) is 11.2. The van der Waals surface area contributed by atoms with Crippen LogP contribution < -0.4 is 9.47 Å². The highest BCUT2D eigenvalue weighted by molar-refractivity contribution is 6.17. The molecule has 20 heavy (non-hydrogen) atoms. The summed E-state index contributed by atoms with van der Waals surface area (Å²) in [6.45, 7) is 0.484. The lowest BCUT2D eigenvalue weighted by Gasteiger charge is -2.08. The highest BCUT2D eigenvalue weighted by atomic mass is 35.5. The van der Waals surface area contributed by atoms with Crippen molar-refractivity contribution in [2.75, 3.05) is 13.7 Å². The summed E-state index contributed by atoms with van der Waals surface area (Å²) in [4.78, 5) is 0. The number of hydrogen-bond acceptors (Lipinski definition) is 2. The van der Waals surface area contributed by atoms with Gasteiger partial charge in [0.2, 0.25) is 0 Å². The van der Waals surface area contributed by atoms with Gasteiger partial charge in [-0.15, -0.1) is 11.6 Å². The van der Waals surface area contributed by atoms with Crippen molar-refractivity contribution in [1.82, 2.24) is 0 Å². The first-order valence-corrected chi connectivity index (χ1v) is 6.86. The number of alkyl halides is 1. The van der Waals surface area contributed by atoms with Crippen LogP contribution in [0.1, 0.15) is 11.1 Å². The molecule has 0 aromatic heterocycles. The fraction of sp³-hybridized carbons (Fsp3) is 0.250. The Morgan fingerprint density at radius 2 is 1.75 bits per heavy atom. The van der Waals surface area contributed by atoms with E-state index in [1.807, 2.05) is 24.3 Å². The molecule has 0 radical (unpaired) electrons. The van der Waals surface area contributed by atoms with Gasteiger partial charge in [0.05, 0.1) is 13.7 Å². The number of halogens is 2. The molecule has 0 aliphatic carbocycles. The molecule has 4 heteroatoms. The van der Waals surface area contributed by atoms with E-state index in [9.17, 15) is 4.39 Å². The Kier molecular flexibility index (Phi) is 5.24. The first-order chi connectivity index (χ1) is 9.71. The van der Waals surface area contributed by atoms with Crippen LogP contribution in [0.4, 0.5) is 4.39 Å². The summed E-state index contributed by atoms with van der Waals surface area (Å²) >= 11 is 5.70. The average Bonchev–Trinajstić information content (AvgIpc) is 2.47. The van der Waals surface area contributed by atoms with Crippen LogP contribution in [0.25, 0.3) is 0 Å². The second kappa shape index (κ2) is 7.15. The molecule has 106 valence electrons. The molecule has 0 unspecified atom stereocenters. The molecule has 2 rings (SSSR count). The van der Waals surface area contributed by atoms with Gasteiger partial charge in [0.1, 0.15) is 17.3 Å². The van der Waals surface area contributed by atoms with Gasteiger partial charge in [-0.3, -0.25) is 0 Å². The zero-order valence-corrected chi connectivity index (χ0v) is 12.0. The molecular weight excluding hydrogens is 279 g/mol. The lowest BCUT2D eigenvalue weighted by molar-refractivity contribution is 0.320. The Bertz CT molecular complexity index is 555. The highest BCUT2D eigenvalue weighted by Gasteiger charge is 2.02. The van der Waals surface area contributed by atoms with E-state index in [4.69, 9.17) is 21.1 Å². The van der Waals surface area contributed by atoms with Crippen molar-refractivity contribution in [1.29, 1.82) is 0 Å². The summed E-state index contributed by atoms with van der Waals surface area (Å²) in [6, 6.07) is 12.3. The number of hydrogen-bond donors (Lipinski definition) is 0. The summed E-state index contributed by atoms with van der Waals surface area (Å²) in [6.07, 6.45) is 0.747. The van der Waals surface area contributed by atoms with Gasteiger partial charge in [-0.1, -0.05) is 12.1 Å². The Morgan fingerprint density at radius 3 is 2.40 bits per heavy atom. The van der Waals surface area contributed by atoms with E-state index in [0.717, 1.165) is 17.7 Å². The molecular formula is C16H16ClFO2. The van der Waals surface area contributed by atoms with Crippen molar-refractivity contribution < 1.29 is 13.9 Å². The molecule has 0 aliphatic heterocycles. The van der Waals surface area contributed by atoms with Crippen LogP contribution in [-0.2, 0) is 12.3 Å². The molecule has 0 spiro atoms. The lowest BCUT2D eigenvalue weighted by Crippen LogP contribution is -2.02. The maximum Gasteiger partial charge on any atom is 0.127 e. The third-order valence-corrected chi connectivity index (χ3v) is 3.21. The minimum atomic E-state index is -0.331. The molecule has 0 saturated heterocycles. The Labute approximate surface area is 123 Å². The number of rotatable bonds is 6. The van der Waals surface area contributed by atoms with Gasteiger partial charge in [0.25, 0.3) is 0 Å². The Morgan fingerprint density at radius 1 is 1.00 bits per heavy atom. The average molecular weight is 295 g/mol. The van der Waals surface area contributed by atoms with E-state index in [1.54, 1.807) is 13.2 Å². The second-order valence-electron chi connectivity index (χ2n) is 4.38. The summed E-state index contributed by atoms with van der Waals surface area (Å²) in [5.41, 5.74) is 1.85. The largest absolute Gasteiger partial charge is 0.497 e. The molecule has 2 aromatic carbocycles. The minimum absolute atomic E-state index is 0.270.